The van der Waals surface area contributed by atoms with Gasteiger partial charge in [-0.1, -0.05) is 30.4 Å². The van der Waals surface area contributed by atoms with Gasteiger partial charge in [0.1, 0.15) is 5.75 Å². The lowest BCUT2D eigenvalue weighted by molar-refractivity contribution is 0.285. The molecule has 15 heavy (non-hydrogen) atoms. The van der Waals surface area contributed by atoms with Gasteiger partial charge < -0.3 is 9.84 Å². The second-order valence-corrected chi connectivity index (χ2v) is 3.36. The van der Waals surface area contributed by atoms with Crippen LogP contribution in [-0.2, 0) is 0 Å². The standard InChI is InChI=1S/C13H18O2/c1-15-13-10-6-5-9-12(13)8-4-2-3-7-11-14/h4-6,8-10,14H,2-3,7,11H2,1H3/b8-4+. The van der Waals surface area contributed by atoms with Crippen molar-refractivity contribution in [1.29, 1.82) is 0 Å². The number of aliphatic hydroxyl groups is 1. The lowest BCUT2D eigenvalue weighted by Gasteiger charge is -2.03. The minimum Gasteiger partial charge on any atom is -0.496 e. The number of ether oxygens (including phenoxy) is 1. The van der Waals surface area contributed by atoms with E-state index in [1.807, 2.05) is 24.3 Å². The number of allylic oxidation sites excluding steroid dienone is 1. The second-order valence-electron chi connectivity index (χ2n) is 3.36. The SMILES string of the molecule is COc1ccccc1/C=C/CCCCO. The third-order valence-electron chi connectivity index (χ3n) is 2.22. The molecule has 1 N–H and O–H groups in total. The van der Waals surface area contributed by atoms with Crippen LogP contribution in [0.25, 0.3) is 6.08 Å². The Hall–Kier alpha value is -1.28. The summed E-state index contributed by atoms with van der Waals surface area (Å²) in [6.45, 7) is 0.280. The van der Waals surface area contributed by atoms with Crippen LogP contribution < -0.4 is 4.74 Å². The number of unbranched alkanes of at least 4 members (excludes halogenated alkanes) is 2. The molecule has 0 aliphatic carbocycles. The van der Waals surface area contributed by atoms with Crippen LogP contribution in [0.3, 0.4) is 0 Å². The van der Waals surface area contributed by atoms with Crippen LogP contribution in [-0.4, -0.2) is 18.8 Å². The first kappa shape index (κ1) is 11.8. The Morgan fingerprint density at radius 2 is 2.07 bits per heavy atom. The summed E-state index contributed by atoms with van der Waals surface area (Å²) in [6.07, 6.45) is 7.08. The van der Waals surface area contributed by atoms with Gasteiger partial charge in [-0.2, -0.15) is 0 Å². The number of benzene rings is 1. The molecular weight excluding hydrogens is 188 g/mol. The van der Waals surface area contributed by atoms with Gasteiger partial charge >= 0.3 is 0 Å². The lowest BCUT2D eigenvalue weighted by atomic mass is 10.1. The summed E-state index contributed by atoms with van der Waals surface area (Å²) in [5, 5.41) is 8.62. The minimum absolute atomic E-state index is 0.280. The predicted molar refractivity (Wildman–Crippen MR) is 63.0 cm³/mol. The first-order chi connectivity index (χ1) is 7.38. The van der Waals surface area contributed by atoms with E-state index in [2.05, 4.69) is 12.2 Å². The fourth-order valence-corrected chi connectivity index (χ4v) is 1.39. The molecule has 0 amide bonds. The Balaban J connectivity index is 2.48. The van der Waals surface area contributed by atoms with E-state index in [-0.39, 0.29) is 6.61 Å². The Labute approximate surface area is 91.2 Å². The molecule has 0 bridgehead atoms. The third kappa shape index (κ3) is 4.17. The van der Waals surface area contributed by atoms with Crippen molar-refractivity contribution in [2.45, 2.75) is 19.3 Å². The molecule has 0 saturated carbocycles. The van der Waals surface area contributed by atoms with Crippen molar-refractivity contribution in [1.82, 2.24) is 0 Å². The molecule has 82 valence electrons. The largest absolute Gasteiger partial charge is 0.496 e. The molecule has 2 nitrogen and oxygen atoms in total. The molecular formula is C13H18O2. The quantitative estimate of drug-likeness (QED) is 0.725. The molecule has 0 aliphatic heterocycles. The smallest absolute Gasteiger partial charge is 0.126 e. The molecule has 1 aromatic rings. The maximum Gasteiger partial charge on any atom is 0.126 e. The van der Waals surface area contributed by atoms with E-state index in [4.69, 9.17) is 9.84 Å². The number of hydrogen-bond acceptors (Lipinski definition) is 2. The summed E-state index contributed by atoms with van der Waals surface area (Å²) in [7, 11) is 1.68. The van der Waals surface area contributed by atoms with E-state index < -0.39 is 0 Å². The molecule has 0 radical (unpaired) electrons. The molecule has 1 aromatic carbocycles. The second kappa shape index (κ2) is 7.07. The van der Waals surface area contributed by atoms with Crippen molar-refractivity contribution in [3.8, 4) is 5.75 Å². The van der Waals surface area contributed by atoms with Gasteiger partial charge in [0.25, 0.3) is 0 Å². The molecule has 0 fully saturated rings. The summed E-state index contributed by atoms with van der Waals surface area (Å²) in [4.78, 5) is 0. The fourth-order valence-electron chi connectivity index (χ4n) is 1.39. The normalized spacial score (nSPS) is 10.8. The van der Waals surface area contributed by atoms with E-state index in [0.717, 1.165) is 30.6 Å². The zero-order valence-electron chi connectivity index (χ0n) is 9.15. The summed E-state index contributed by atoms with van der Waals surface area (Å²) >= 11 is 0. The summed E-state index contributed by atoms with van der Waals surface area (Å²) in [5.74, 6) is 0.899. The van der Waals surface area contributed by atoms with E-state index >= 15 is 0 Å². The molecule has 1 rings (SSSR count). The van der Waals surface area contributed by atoms with Crippen LogP contribution >= 0.6 is 0 Å². The maximum absolute atomic E-state index is 8.62. The van der Waals surface area contributed by atoms with Crippen LogP contribution in [0.5, 0.6) is 5.75 Å². The van der Waals surface area contributed by atoms with Crippen LogP contribution in [0.2, 0.25) is 0 Å². The molecule has 0 aliphatic rings. The average Bonchev–Trinajstić information content (AvgIpc) is 2.29. The van der Waals surface area contributed by atoms with Crippen molar-refractivity contribution in [3.05, 3.63) is 35.9 Å². The highest BCUT2D eigenvalue weighted by Gasteiger charge is 1.95. The first-order valence-electron chi connectivity index (χ1n) is 5.29. The van der Waals surface area contributed by atoms with Gasteiger partial charge in [-0.25, -0.2) is 0 Å². The molecule has 0 atom stereocenters. The Morgan fingerprint density at radius 1 is 1.27 bits per heavy atom. The molecule has 0 heterocycles. The van der Waals surface area contributed by atoms with E-state index in [1.54, 1.807) is 7.11 Å². The zero-order chi connectivity index (χ0) is 10.9. The molecule has 2 heteroatoms. The van der Waals surface area contributed by atoms with Crippen molar-refractivity contribution < 1.29 is 9.84 Å². The van der Waals surface area contributed by atoms with Crippen LogP contribution in [0.1, 0.15) is 24.8 Å². The van der Waals surface area contributed by atoms with Crippen molar-refractivity contribution in [2.24, 2.45) is 0 Å². The van der Waals surface area contributed by atoms with Gasteiger partial charge in [-0.3, -0.25) is 0 Å². The lowest BCUT2D eigenvalue weighted by Crippen LogP contribution is -1.85. The summed E-state index contributed by atoms with van der Waals surface area (Å²) < 4.78 is 5.23. The van der Waals surface area contributed by atoms with Crippen LogP contribution in [0.4, 0.5) is 0 Å². The maximum atomic E-state index is 8.62. The Kier molecular flexibility index (Phi) is 5.56. The number of para-hydroxylation sites is 1. The van der Waals surface area contributed by atoms with Gasteiger partial charge in [0.15, 0.2) is 0 Å². The fraction of sp³-hybridized carbons (Fsp3) is 0.385. The molecule has 0 unspecified atom stereocenters. The highest BCUT2D eigenvalue weighted by atomic mass is 16.5. The summed E-state index contributed by atoms with van der Waals surface area (Å²) in [6, 6.07) is 7.94. The Morgan fingerprint density at radius 3 is 2.80 bits per heavy atom. The third-order valence-corrected chi connectivity index (χ3v) is 2.22. The van der Waals surface area contributed by atoms with Crippen molar-refractivity contribution in [2.75, 3.05) is 13.7 Å². The van der Waals surface area contributed by atoms with Gasteiger partial charge in [-0.05, 0) is 25.3 Å². The first-order valence-corrected chi connectivity index (χ1v) is 5.29. The highest BCUT2D eigenvalue weighted by Crippen LogP contribution is 2.18. The average molecular weight is 206 g/mol. The summed E-state index contributed by atoms with van der Waals surface area (Å²) in [5.41, 5.74) is 1.10. The van der Waals surface area contributed by atoms with E-state index in [9.17, 15) is 0 Å². The highest BCUT2D eigenvalue weighted by molar-refractivity contribution is 5.56. The minimum atomic E-state index is 0.280. The molecule has 0 saturated heterocycles. The Bertz CT molecular complexity index is 305. The predicted octanol–water partition coefficient (Wildman–Crippen LogP) is 2.87. The van der Waals surface area contributed by atoms with Gasteiger partial charge in [0, 0.05) is 12.2 Å². The van der Waals surface area contributed by atoms with Gasteiger partial charge in [-0.15, -0.1) is 0 Å². The van der Waals surface area contributed by atoms with Gasteiger partial charge in [0.2, 0.25) is 0 Å². The molecule has 0 spiro atoms. The zero-order valence-corrected chi connectivity index (χ0v) is 9.15. The number of methoxy groups -OCH3 is 1. The van der Waals surface area contributed by atoms with Crippen molar-refractivity contribution in [3.63, 3.8) is 0 Å². The monoisotopic (exact) mass is 206 g/mol. The number of aliphatic hydroxyl groups excluding tert-OH is 1. The topological polar surface area (TPSA) is 29.5 Å². The molecule has 0 aromatic heterocycles. The van der Waals surface area contributed by atoms with Crippen LogP contribution in [0.15, 0.2) is 30.3 Å². The number of hydrogen-bond donors (Lipinski definition) is 1. The van der Waals surface area contributed by atoms with Crippen molar-refractivity contribution >= 4 is 6.08 Å². The number of rotatable bonds is 6. The van der Waals surface area contributed by atoms with E-state index in [1.165, 1.54) is 0 Å². The van der Waals surface area contributed by atoms with E-state index in [0.29, 0.717) is 0 Å². The van der Waals surface area contributed by atoms with Gasteiger partial charge in [0.05, 0.1) is 7.11 Å². The van der Waals surface area contributed by atoms with Crippen LogP contribution in [0, 0.1) is 0 Å².